The van der Waals surface area contributed by atoms with Crippen LogP contribution >= 0.6 is 0 Å². The molecule has 0 radical (unpaired) electrons. The minimum absolute atomic E-state index is 0.349. The molecule has 0 saturated carbocycles. The molecule has 0 aliphatic carbocycles. The van der Waals surface area contributed by atoms with Crippen LogP contribution in [0, 0.1) is 5.41 Å². The zero-order valence-electron chi connectivity index (χ0n) is 12.1. The maximum absolute atomic E-state index is 2.39. The van der Waals surface area contributed by atoms with E-state index in [0.717, 1.165) is 13.0 Å². The van der Waals surface area contributed by atoms with Crippen molar-refractivity contribution in [1.29, 1.82) is 0 Å². The highest BCUT2D eigenvalue weighted by Crippen LogP contribution is 2.28. The number of hydrogen-bond donors (Lipinski definition) is 0. The number of para-hydroxylation sites is 2. The number of nitrogens with zero attached hydrogens (tertiary/aromatic N) is 1. The summed E-state index contributed by atoms with van der Waals surface area (Å²) in [6.07, 6.45) is 1.16. The molecule has 0 aliphatic rings. The second kappa shape index (κ2) is 5.92. The molecule has 0 spiro atoms. The van der Waals surface area contributed by atoms with Gasteiger partial charge in [0, 0.05) is 17.9 Å². The summed E-state index contributed by atoms with van der Waals surface area (Å²) in [5.41, 5.74) is 2.87. The van der Waals surface area contributed by atoms with Gasteiger partial charge in [0.05, 0.1) is 0 Å². The monoisotopic (exact) mass is 253 g/mol. The van der Waals surface area contributed by atoms with Gasteiger partial charge >= 0.3 is 0 Å². The molecule has 19 heavy (non-hydrogen) atoms. The minimum Gasteiger partial charge on any atom is -0.341 e. The first-order chi connectivity index (χ1) is 9.06. The maximum Gasteiger partial charge on any atom is 0.0410 e. The fraction of sp³-hybridized carbons (Fsp3) is 0.333. The zero-order valence-corrected chi connectivity index (χ0v) is 12.1. The number of hydrogen-bond acceptors (Lipinski definition) is 1. The van der Waals surface area contributed by atoms with Gasteiger partial charge in [-0.05, 0) is 36.1 Å². The molecule has 2 rings (SSSR count). The lowest BCUT2D eigenvalue weighted by Crippen LogP contribution is -2.22. The van der Waals surface area contributed by atoms with E-state index in [4.69, 9.17) is 0 Å². The second-order valence-electron chi connectivity index (χ2n) is 6.13. The maximum atomic E-state index is 2.39. The van der Waals surface area contributed by atoms with Crippen molar-refractivity contribution in [3.8, 4) is 0 Å². The Morgan fingerprint density at radius 3 is 1.53 bits per heavy atom. The Hall–Kier alpha value is -1.76. The van der Waals surface area contributed by atoms with Crippen LogP contribution in [0.3, 0.4) is 0 Å². The first kappa shape index (κ1) is 13.7. The molecule has 1 nitrogen and oxygen atoms in total. The summed E-state index contributed by atoms with van der Waals surface area (Å²) < 4.78 is 0. The van der Waals surface area contributed by atoms with Crippen molar-refractivity contribution in [2.45, 2.75) is 27.2 Å². The molecule has 2 aromatic carbocycles. The van der Waals surface area contributed by atoms with Crippen LogP contribution in [0.5, 0.6) is 0 Å². The highest BCUT2D eigenvalue weighted by molar-refractivity contribution is 5.62. The molecular weight excluding hydrogens is 230 g/mol. The highest BCUT2D eigenvalue weighted by atomic mass is 15.1. The van der Waals surface area contributed by atoms with Crippen LogP contribution in [-0.2, 0) is 0 Å². The quantitative estimate of drug-likeness (QED) is 0.718. The summed E-state index contributed by atoms with van der Waals surface area (Å²) in [6.45, 7) is 7.92. The summed E-state index contributed by atoms with van der Waals surface area (Å²) >= 11 is 0. The van der Waals surface area contributed by atoms with Gasteiger partial charge in [-0.1, -0.05) is 57.2 Å². The Morgan fingerprint density at radius 2 is 1.16 bits per heavy atom. The van der Waals surface area contributed by atoms with Crippen molar-refractivity contribution >= 4 is 11.4 Å². The van der Waals surface area contributed by atoms with Crippen molar-refractivity contribution < 1.29 is 0 Å². The average Bonchev–Trinajstić information content (AvgIpc) is 2.40. The van der Waals surface area contributed by atoms with Gasteiger partial charge in [-0.2, -0.15) is 0 Å². The predicted octanol–water partition coefficient (Wildman–Crippen LogP) is 5.26. The van der Waals surface area contributed by atoms with Gasteiger partial charge in [-0.25, -0.2) is 0 Å². The number of rotatable bonds is 4. The van der Waals surface area contributed by atoms with E-state index in [-0.39, 0.29) is 0 Å². The molecule has 0 saturated heterocycles. The smallest absolute Gasteiger partial charge is 0.0410 e. The standard InChI is InChI=1S/C18H23N/c1-18(2,3)14-15-19(16-10-6-4-7-11-16)17-12-8-5-9-13-17/h4-13H,14-15H2,1-3H3. The fourth-order valence-electron chi connectivity index (χ4n) is 2.07. The van der Waals surface area contributed by atoms with E-state index in [0.29, 0.717) is 5.41 Å². The Balaban J connectivity index is 2.24. The third-order valence-corrected chi connectivity index (χ3v) is 3.22. The topological polar surface area (TPSA) is 3.24 Å². The van der Waals surface area contributed by atoms with Crippen molar-refractivity contribution in [2.75, 3.05) is 11.4 Å². The minimum atomic E-state index is 0.349. The molecule has 0 amide bonds. The lowest BCUT2D eigenvalue weighted by molar-refractivity contribution is 0.383. The molecule has 0 N–H and O–H groups in total. The van der Waals surface area contributed by atoms with Crippen molar-refractivity contribution in [1.82, 2.24) is 0 Å². The molecule has 2 aromatic rings. The molecule has 0 fully saturated rings. The van der Waals surface area contributed by atoms with Crippen molar-refractivity contribution in [2.24, 2.45) is 5.41 Å². The second-order valence-corrected chi connectivity index (χ2v) is 6.13. The van der Waals surface area contributed by atoms with Gasteiger partial charge in [-0.3, -0.25) is 0 Å². The fourth-order valence-corrected chi connectivity index (χ4v) is 2.07. The largest absolute Gasteiger partial charge is 0.341 e. The van der Waals surface area contributed by atoms with Crippen LogP contribution in [0.1, 0.15) is 27.2 Å². The Morgan fingerprint density at radius 1 is 0.737 bits per heavy atom. The van der Waals surface area contributed by atoms with E-state index in [9.17, 15) is 0 Å². The Labute approximate surface area is 116 Å². The van der Waals surface area contributed by atoms with Crippen LogP contribution in [0.15, 0.2) is 60.7 Å². The molecule has 100 valence electrons. The third kappa shape index (κ3) is 4.13. The normalized spacial score (nSPS) is 11.3. The van der Waals surface area contributed by atoms with E-state index < -0.39 is 0 Å². The molecule has 0 heterocycles. The lowest BCUT2D eigenvalue weighted by Gasteiger charge is -2.28. The predicted molar refractivity (Wildman–Crippen MR) is 84.0 cm³/mol. The zero-order chi connectivity index (χ0) is 13.7. The molecule has 0 atom stereocenters. The molecule has 0 aromatic heterocycles. The molecule has 0 unspecified atom stereocenters. The highest BCUT2D eigenvalue weighted by Gasteiger charge is 2.14. The first-order valence-electron chi connectivity index (χ1n) is 6.94. The molecule has 0 aliphatic heterocycles. The van der Waals surface area contributed by atoms with Crippen LogP contribution < -0.4 is 4.90 Å². The van der Waals surface area contributed by atoms with E-state index in [1.54, 1.807) is 0 Å². The van der Waals surface area contributed by atoms with Crippen LogP contribution in [0.4, 0.5) is 11.4 Å². The van der Waals surface area contributed by atoms with Gasteiger partial charge in [0.1, 0.15) is 0 Å². The molecule has 1 heteroatoms. The van der Waals surface area contributed by atoms with Gasteiger partial charge in [0.2, 0.25) is 0 Å². The van der Waals surface area contributed by atoms with E-state index in [1.165, 1.54) is 11.4 Å². The SMILES string of the molecule is CC(C)(C)CCN(c1ccccc1)c1ccccc1. The molecular formula is C18H23N. The summed E-state index contributed by atoms with van der Waals surface area (Å²) in [4.78, 5) is 2.39. The van der Waals surface area contributed by atoms with Crippen molar-refractivity contribution in [3.63, 3.8) is 0 Å². The van der Waals surface area contributed by atoms with Crippen LogP contribution in [-0.4, -0.2) is 6.54 Å². The Kier molecular flexibility index (Phi) is 4.26. The van der Waals surface area contributed by atoms with E-state index in [2.05, 4.69) is 86.3 Å². The summed E-state index contributed by atoms with van der Waals surface area (Å²) in [6, 6.07) is 21.2. The third-order valence-electron chi connectivity index (χ3n) is 3.22. The van der Waals surface area contributed by atoms with Gasteiger partial charge in [-0.15, -0.1) is 0 Å². The average molecular weight is 253 g/mol. The Bertz CT molecular complexity index is 443. The molecule has 0 bridgehead atoms. The lowest BCUT2D eigenvalue weighted by atomic mass is 9.92. The van der Waals surface area contributed by atoms with Gasteiger partial charge in [0.25, 0.3) is 0 Å². The van der Waals surface area contributed by atoms with Crippen LogP contribution in [0.2, 0.25) is 0 Å². The van der Waals surface area contributed by atoms with E-state index >= 15 is 0 Å². The van der Waals surface area contributed by atoms with Gasteiger partial charge in [0.15, 0.2) is 0 Å². The van der Waals surface area contributed by atoms with E-state index in [1.807, 2.05) is 0 Å². The van der Waals surface area contributed by atoms with Crippen molar-refractivity contribution in [3.05, 3.63) is 60.7 Å². The summed E-state index contributed by atoms with van der Waals surface area (Å²) in [5.74, 6) is 0. The summed E-state index contributed by atoms with van der Waals surface area (Å²) in [7, 11) is 0. The summed E-state index contributed by atoms with van der Waals surface area (Å²) in [5, 5.41) is 0. The van der Waals surface area contributed by atoms with Gasteiger partial charge < -0.3 is 4.90 Å². The van der Waals surface area contributed by atoms with Crippen LogP contribution in [0.25, 0.3) is 0 Å². The first-order valence-corrected chi connectivity index (χ1v) is 6.94. The number of anilines is 2. The number of benzene rings is 2.